The van der Waals surface area contributed by atoms with Gasteiger partial charge in [-0.3, -0.25) is 0 Å². The van der Waals surface area contributed by atoms with E-state index in [2.05, 4.69) is 31.4 Å². The molecule has 0 aliphatic carbocycles. The van der Waals surface area contributed by atoms with Crippen molar-refractivity contribution in [2.24, 2.45) is 5.73 Å². The van der Waals surface area contributed by atoms with Gasteiger partial charge in [0.1, 0.15) is 0 Å². The summed E-state index contributed by atoms with van der Waals surface area (Å²) in [6.07, 6.45) is 3.21. The molecule has 0 bridgehead atoms. The summed E-state index contributed by atoms with van der Waals surface area (Å²) in [6, 6.07) is 6.93. The lowest BCUT2D eigenvalue weighted by Gasteiger charge is -2.14. The van der Waals surface area contributed by atoms with Crippen LogP contribution in [-0.2, 0) is 5.75 Å². The Kier molecular flexibility index (Phi) is 3.65. The van der Waals surface area contributed by atoms with Crippen LogP contribution in [0.5, 0.6) is 0 Å². The van der Waals surface area contributed by atoms with Gasteiger partial charge in [-0.15, -0.1) is 11.8 Å². The molecule has 0 spiro atoms. The lowest BCUT2D eigenvalue weighted by Crippen LogP contribution is -2.14. The van der Waals surface area contributed by atoms with Crippen molar-refractivity contribution in [2.75, 3.05) is 6.26 Å². The van der Waals surface area contributed by atoms with E-state index in [9.17, 15) is 0 Å². The first-order valence-electron chi connectivity index (χ1n) is 5.24. The molecule has 3 heteroatoms. The van der Waals surface area contributed by atoms with Gasteiger partial charge < -0.3 is 5.73 Å². The van der Waals surface area contributed by atoms with Crippen molar-refractivity contribution >= 4 is 23.5 Å². The normalized spacial score (nSPS) is 25.8. The van der Waals surface area contributed by atoms with E-state index in [1.54, 1.807) is 11.8 Å². The van der Waals surface area contributed by atoms with Crippen molar-refractivity contribution in [2.45, 2.75) is 35.3 Å². The molecule has 1 aliphatic rings. The highest BCUT2D eigenvalue weighted by Crippen LogP contribution is 2.35. The van der Waals surface area contributed by atoms with E-state index in [1.807, 2.05) is 11.8 Å². The number of thioether (sulfide) groups is 2. The van der Waals surface area contributed by atoms with Crippen LogP contribution in [0.4, 0.5) is 0 Å². The molecule has 2 atom stereocenters. The summed E-state index contributed by atoms with van der Waals surface area (Å²) in [6.45, 7) is 2.27. The molecule has 2 rings (SSSR count). The summed E-state index contributed by atoms with van der Waals surface area (Å²) in [5.41, 5.74) is 9.02. The van der Waals surface area contributed by atoms with Crippen molar-refractivity contribution in [3.8, 4) is 0 Å². The highest BCUT2D eigenvalue weighted by Gasteiger charge is 2.19. The van der Waals surface area contributed by atoms with Gasteiger partial charge in [0.25, 0.3) is 0 Å². The highest BCUT2D eigenvalue weighted by molar-refractivity contribution is 7.99. The topological polar surface area (TPSA) is 26.0 Å². The Labute approximate surface area is 100 Å². The molecular formula is C12H17NS2. The third-order valence-electron chi connectivity index (χ3n) is 2.86. The standard InChI is InChI=1S/C12H17NS2/c1-8-5-12(13)11-6-10(14-2)4-3-9(11)7-15-8/h3-4,6,8,12H,5,7,13H2,1-2H3/t8?,12-/m1/s1. The second-order valence-electron chi connectivity index (χ2n) is 4.03. The van der Waals surface area contributed by atoms with Gasteiger partial charge in [-0.1, -0.05) is 13.0 Å². The Morgan fingerprint density at radius 1 is 1.47 bits per heavy atom. The molecule has 0 fully saturated rings. The molecule has 0 radical (unpaired) electrons. The third kappa shape index (κ3) is 2.52. The van der Waals surface area contributed by atoms with Gasteiger partial charge in [0.2, 0.25) is 0 Å². The zero-order chi connectivity index (χ0) is 10.8. The predicted molar refractivity (Wildman–Crippen MR) is 70.5 cm³/mol. The van der Waals surface area contributed by atoms with Gasteiger partial charge in [-0.05, 0) is 35.9 Å². The second kappa shape index (κ2) is 4.81. The molecule has 0 saturated carbocycles. The Hall–Kier alpha value is -0.120. The van der Waals surface area contributed by atoms with Crippen LogP contribution < -0.4 is 5.73 Å². The fourth-order valence-electron chi connectivity index (χ4n) is 1.96. The maximum absolute atomic E-state index is 6.24. The van der Waals surface area contributed by atoms with Crippen LogP contribution in [0.3, 0.4) is 0 Å². The molecule has 1 aliphatic heterocycles. The minimum Gasteiger partial charge on any atom is -0.324 e. The maximum Gasteiger partial charge on any atom is 0.0308 e. The molecule has 15 heavy (non-hydrogen) atoms. The van der Waals surface area contributed by atoms with Gasteiger partial charge in [-0.2, -0.15) is 11.8 Å². The minimum absolute atomic E-state index is 0.220. The van der Waals surface area contributed by atoms with E-state index in [1.165, 1.54) is 16.0 Å². The summed E-state index contributed by atoms with van der Waals surface area (Å²) < 4.78 is 0. The SMILES string of the molecule is CSc1ccc2c(c1)[C@H](N)CC(C)SC2. The van der Waals surface area contributed by atoms with Gasteiger partial charge in [0.15, 0.2) is 0 Å². The minimum atomic E-state index is 0.220. The summed E-state index contributed by atoms with van der Waals surface area (Å²) >= 11 is 3.80. The predicted octanol–water partition coefficient (Wildman–Crippen LogP) is 3.43. The lowest BCUT2D eigenvalue weighted by atomic mass is 9.99. The second-order valence-corrected chi connectivity index (χ2v) is 6.33. The fraction of sp³-hybridized carbons (Fsp3) is 0.500. The Balaban J connectivity index is 2.36. The molecule has 2 N–H and O–H groups in total. The number of hydrogen-bond donors (Lipinski definition) is 1. The van der Waals surface area contributed by atoms with Crippen LogP contribution >= 0.6 is 23.5 Å². The molecule has 1 heterocycles. The third-order valence-corrected chi connectivity index (χ3v) is 4.83. The number of benzene rings is 1. The van der Waals surface area contributed by atoms with Crippen LogP contribution in [0.2, 0.25) is 0 Å². The summed E-state index contributed by atoms with van der Waals surface area (Å²) in [5, 5.41) is 0.671. The zero-order valence-electron chi connectivity index (χ0n) is 9.19. The van der Waals surface area contributed by atoms with E-state index >= 15 is 0 Å². The molecule has 1 nitrogen and oxygen atoms in total. The quantitative estimate of drug-likeness (QED) is 0.760. The fourth-order valence-corrected chi connectivity index (χ4v) is 3.48. The van der Waals surface area contributed by atoms with Crippen molar-refractivity contribution in [3.63, 3.8) is 0 Å². The summed E-state index contributed by atoms with van der Waals surface area (Å²) in [7, 11) is 0. The Morgan fingerprint density at radius 2 is 2.27 bits per heavy atom. The molecule has 0 aromatic heterocycles. The van der Waals surface area contributed by atoms with Crippen LogP contribution in [-0.4, -0.2) is 11.5 Å². The number of hydrogen-bond acceptors (Lipinski definition) is 3. The van der Waals surface area contributed by atoms with E-state index in [-0.39, 0.29) is 6.04 Å². The smallest absolute Gasteiger partial charge is 0.0308 e. The van der Waals surface area contributed by atoms with Crippen molar-refractivity contribution in [1.82, 2.24) is 0 Å². The van der Waals surface area contributed by atoms with Gasteiger partial charge >= 0.3 is 0 Å². The van der Waals surface area contributed by atoms with E-state index in [4.69, 9.17) is 5.73 Å². The summed E-state index contributed by atoms with van der Waals surface area (Å²) in [5.74, 6) is 1.11. The number of nitrogens with two attached hydrogens (primary N) is 1. The van der Waals surface area contributed by atoms with Gasteiger partial charge in [0, 0.05) is 21.9 Å². The van der Waals surface area contributed by atoms with Crippen molar-refractivity contribution < 1.29 is 0 Å². The van der Waals surface area contributed by atoms with E-state index in [0.717, 1.165) is 12.2 Å². The Bertz CT molecular complexity index is 351. The van der Waals surface area contributed by atoms with Crippen molar-refractivity contribution in [1.29, 1.82) is 0 Å². The van der Waals surface area contributed by atoms with Crippen LogP contribution in [0.1, 0.15) is 30.5 Å². The first kappa shape index (κ1) is 11.4. The monoisotopic (exact) mass is 239 g/mol. The average molecular weight is 239 g/mol. The van der Waals surface area contributed by atoms with E-state index in [0.29, 0.717) is 5.25 Å². The lowest BCUT2D eigenvalue weighted by molar-refractivity contribution is 0.650. The highest BCUT2D eigenvalue weighted by atomic mass is 32.2. The molecule has 0 amide bonds. The molecular weight excluding hydrogens is 222 g/mol. The van der Waals surface area contributed by atoms with Crippen LogP contribution in [0.25, 0.3) is 0 Å². The van der Waals surface area contributed by atoms with E-state index < -0.39 is 0 Å². The number of fused-ring (bicyclic) bond motifs is 1. The maximum atomic E-state index is 6.24. The largest absolute Gasteiger partial charge is 0.324 e. The van der Waals surface area contributed by atoms with Gasteiger partial charge in [-0.25, -0.2) is 0 Å². The molecule has 82 valence electrons. The van der Waals surface area contributed by atoms with Crippen molar-refractivity contribution in [3.05, 3.63) is 29.3 Å². The molecule has 0 saturated heterocycles. The summed E-state index contributed by atoms with van der Waals surface area (Å²) in [4.78, 5) is 1.32. The molecule has 1 unspecified atom stereocenters. The first-order chi connectivity index (χ1) is 7.20. The molecule has 1 aromatic carbocycles. The first-order valence-corrected chi connectivity index (χ1v) is 7.52. The van der Waals surface area contributed by atoms with Gasteiger partial charge in [0.05, 0.1) is 0 Å². The number of rotatable bonds is 1. The van der Waals surface area contributed by atoms with Crippen LogP contribution in [0, 0.1) is 0 Å². The van der Waals surface area contributed by atoms with Crippen LogP contribution in [0.15, 0.2) is 23.1 Å². The molecule has 1 aromatic rings. The average Bonchev–Trinajstić information content (AvgIpc) is 2.38. The zero-order valence-corrected chi connectivity index (χ0v) is 10.8. The Morgan fingerprint density at radius 3 is 3.00 bits per heavy atom.